The van der Waals surface area contributed by atoms with Crippen molar-refractivity contribution in [1.29, 1.82) is 0 Å². The van der Waals surface area contributed by atoms with Gasteiger partial charge in [0.25, 0.3) is 0 Å². The highest BCUT2D eigenvalue weighted by Gasteiger charge is 2.13. The van der Waals surface area contributed by atoms with Crippen LogP contribution in [0, 0.1) is 0 Å². The van der Waals surface area contributed by atoms with E-state index in [9.17, 15) is 9.90 Å². The maximum Gasteiger partial charge on any atom is 0.0492 e. The third-order valence-corrected chi connectivity index (χ3v) is 2.91. The summed E-state index contributed by atoms with van der Waals surface area (Å²) in [4.78, 5) is 11.2. The zero-order valence-electron chi connectivity index (χ0n) is 9.87. The van der Waals surface area contributed by atoms with Gasteiger partial charge < -0.3 is 15.6 Å². The predicted molar refractivity (Wildman–Crippen MR) is 68.7 cm³/mol. The fraction of sp³-hybridized carbons (Fsp3) is 0.133. The normalized spacial score (nSPS) is 12.0. The van der Waals surface area contributed by atoms with Crippen LogP contribution in [-0.4, -0.2) is 5.97 Å². The molecule has 0 radical (unpaired) electrons. The Bertz CT molecular complexity index is 520. The zero-order valence-corrected chi connectivity index (χ0v) is 9.87. The van der Waals surface area contributed by atoms with Gasteiger partial charge >= 0.3 is 0 Å². The van der Waals surface area contributed by atoms with Crippen LogP contribution in [-0.2, 0) is 11.2 Å². The molecule has 0 spiro atoms. The molecular weight excluding hydrogens is 226 g/mol. The summed E-state index contributed by atoms with van der Waals surface area (Å²) in [6.07, 6.45) is 0.409. The fourth-order valence-corrected chi connectivity index (χ4v) is 1.91. The number of aliphatic carboxylic acids is 1. The highest BCUT2D eigenvalue weighted by atomic mass is 16.4. The first-order valence-corrected chi connectivity index (χ1v) is 5.77. The van der Waals surface area contributed by atoms with Crippen LogP contribution in [0.1, 0.15) is 17.0 Å². The van der Waals surface area contributed by atoms with Gasteiger partial charge in [-0.3, -0.25) is 0 Å². The highest BCUT2D eigenvalue weighted by Crippen LogP contribution is 2.20. The van der Waals surface area contributed by atoms with Crippen molar-refractivity contribution in [3.05, 3.63) is 65.7 Å². The van der Waals surface area contributed by atoms with E-state index in [1.807, 2.05) is 30.3 Å². The van der Waals surface area contributed by atoms with Gasteiger partial charge in [0.1, 0.15) is 0 Å². The Labute approximate surface area is 106 Å². The Morgan fingerprint density at radius 1 is 1.06 bits per heavy atom. The molecule has 0 fully saturated rings. The predicted octanol–water partition coefficient (Wildman–Crippen LogP) is 1.34. The van der Waals surface area contributed by atoms with Gasteiger partial charge in [0, 0.05) is 17.6 Å². The minimum Gasteiger partial charge on any atom is -0.549 e. The summed E-state index contributed by atoms with van der Waals surface area (Å²) in [5, 5.41) is 11.2. The topological polar surface area (TPSA) is 66.2 Å². The van der Waals surface area contributed by atoms with Gasteiger partial charge in [0.15, 0.2) is 0 Å². The highest BCUT2D eigenvalue weighted by molar-refractivity contribution is 5.74. The molecule has 1 unspecified atom stereocenters. The monoisotopic (exact) mass is 240 g/mol. The van der Waals surface area contributed by atoms with Gasteiger partial charge in [-0.15, -0.1) is 0 Å². The van der Waals surface area contributed by atoms with Crippen LogP contribution in [0.3, 0.4) is 0 Å². The molecule has 0 amide bonds. The van der Waals surface area contributed by atoms with E-state index in [1.54, 1.807) is 24.3 Å². The molecule has 3 heteroatoms. The van der Waals surface area contributed by atoms with Gasteiger partial charge in [-0.1, -0.05) is 42.5 Å². The Balaban J connectivity index is 2.22. The van der Waals surface area contributed by atoms with Crippen molar-refractivity contribution >= 4 is 11.7 Å². The third kappa shape index (κ3) is 2.88. The second-order valence-electron chi connectivity index (χ2n) is 4.23. The molecule has 2 aromatic rings. The fourth-order valence-electron chi connectivity index (χ4n) is 1.91. The standard InChI is InChI=1S/C15H15NO2/c16-13-8-6-11(7-9-13)10-14(15(17)18)12-4-2-1-3-5-12/h1-9,14H,10,16H2,(H,17,18)/p-1. The van der Waals surface area contributed by atoms with Crippen molar-refractivity contribution < 1.29 is 9.90 Å². The number of nitrogens with two attached hydrogens (primary N) is 1. The van der Waals surface area contributed by atoms with E-state index in [2.05, 4.69) is 0 Å². The Morgan fingerprint density at radius 2 is 1.67 bits per heavy atom. The summed E-state index contributed by atoms with van der Waals surface area (Å²) in [5.74, 6) is -1.69. The molecule has 18 heavy (non-hydrogen) atoms. The molecule has 2 N–H and O–H groups in total. The number of nitrogen functional groups attached to an aromatic ring is 1. The van der Waals surface area contributed by atoms with E-state index in [1.165, 1.54) is 0 Å². The quantitative estimate of drug-likeness (QED) is 0.820. The van der Waals surface area contributed by atoms with E-state index in [0.717, 1.165) is 11.1 Å². The minimum absolute atomic E-state index is 0.409. The van der Waals surface area contributed by atoms with E-state index in [-0.39, 0.29) is 0 Å². The van der Waals surface area contributed by atoms with Crippen LogP contribution >= 0.6 is 0 Å². The molecule has 0 heterocycles. The van der Waals surface area contributed by atoms with Crippen molar-refractivity contribution in [1.82, 2.24) is 0 Å². The molecule has 0 aliphatic rings. The van der Waals surface area contributed by atoms with Crippen LogP contribution in [0.2, 0.25) is 0 Å². The van der Waals surface area contributed by atoms with Crippen LogP contribution in [0.4, 0.5) is 5.69 Å². The number of carbonyl (C=O) groups is 1. The maximum atomic E-state index is 11.2. The lowest BCUT2D eigenvalue weighted by Gasteiger charge is -2.18. The first-order valence-electron chi connectivity index (χ1n) is 5.77. The zero-order chi connectivity index (χ0) is 13.0. The molecule has 2 aromatic carbocycles. The smallest absolute Gasteiger partial charge is 0.0492 e. The maximum absolute atomic E-state index is 11.2. The number of hydrogen-bond donors (Lipinski definition) is 1. The molecule has 92 valence electrons. The SMILES string of the molecule is Nc1ccc(CC(C(=O)[O-])c2ccccc2)cc1. The lowest BCUT2D eigenvalue weighted by molar-refractivity contribution is -0.308. The lowest BCUT2D eigenvalue weighted by atomic mass is 9.92. The number of carbonyl (C=O) groups excluding carboxylic acids is 1. The van der Waals surface area contributed by atoms with Crippen LogP contribution < -0.4 is 10.8 Å². The number of benzene rings is 2. The van der Waals surface area contributed by atoms with E-state index in [4.69, 9.17) is 5.73 Å². The molecule has 0 aliphatic carbocycles. The van der Waals surface area contributed by atoms with E-state index < -0.39 is 11.9 Å². The summed E-state index contributed by atoms with van der Waals surface area (Å²) in [6, 6.07) is 16.3. The largest absolute Gasteiger partial charge is 0.549 e. The summed E-state index contributed by atoms with van der Waals surface area (Å²) in [6.45, 7) is 0. The van der Waals surface area contributed by atoms with Crippen molar-refractivity contribution in [2.45, 2.75) is 12.3 Å². The lowest BCUT2D eigenvalue weighted by Crippen LogP contribution is -2.31. The van der Waals surface area contributed by atoms with Crippen LogP contribution in [0.15, 0.2) is 54.6 Å². The third-order valence-electron chi connectivity index (χ3n) is 2.91. The Kier molecular flexibility index (Phi) is 3.63. The van der Waals surface area contributed by atoms with E-state index in [0.29, 0.717) is 12.1 Å². The van der Waals surface area contributed by atoms with Gasteiger partial charge in [-0.2, -0.15) is 0 Å². The van der Waals surface area contributed by atoms with E-state index >= 15 is 0 Å². The molecule has 0 aromatic heterocycles. The first-order chi connectivity index (χ1) is 8.66. The average molecular weight is 240 g/mol. The molecule has 0 saturated heterocycles. The Hall–Kier alpha value is -2.29. The minimum atomic E-state index is -1.06. The second kappa shape index (κ2) is 5.36. The molecule has 2 rings (SSSR count). The molecule has 1 atom stereocenters. The second-order valence-corrected chi connectivity index (χ2v) is 4.23. The average Bonchev–Trinajstić information content (AvgIpc) is 2.38. The summed E-state index contributed by atoms with van der Waals surface area (Å²) < 4.78 is 0. The number of anilines is 1. The molecule has 0 saturated carbocycles. The van der Waals surface area contributed by atoms with Crippen molar-refractivity contribution in [3.63, 3.8) is 0 Å². The summed E-state index contributed by atoms with van der Waals surface area (Å²) in [5.41, 5.74) is 7.96. The number of rotatable bonds is 4. The van der Waals surface area contributed by atoms with Crippen molar-refractivity contribution in [3.8, 4) is 0 Å². The number of hydrogen-bond acceptors (Lipinski definition) is 3. The molecular formula is C15H14NO2-. The Morgan fingerprint density at radius 3 is 2.22 bits per heavy atom. The first kappa shape index (κ1) is 12.2. The molecule has 3 nitrogen and oxygen atoms in total. The number of carboxylic acid groups (broad SMARTS) is 1. The van der Waals surface area contributed by atoms with Crippen LogP contribution in [0.5, 0.6) is 0 Å². The summed E-state index contributed by atoms with van der Waals surface area (Å²) >= 11 is 0. The summed E-state index contributed by atoms with van der Waals surface area (Å²) in [7, 11) is 0. The number of carboxylic acids is 1. The van der Waals surface area contributed by atoms with Gasteiger partial charge in [0.2, 0.25) is 0 Å². The van der Waals surface area contributed by atoms with Gasteiger partial charge in [-0.25, -0.2) is 0 Å². The van der Waals surface area contributed by atoms with Gasteiger partial charge in [-0.05, 0) is 29.7 Å². The molecule has 0 aliphatic heterocycles. The molecule has 0 bridgehead atoms. The van der Waals surface area contributed by atoms with Crippen molar-refractivity contribution in [2.24, 2.45) is 0 Å². The van der Waals surface area contributed by atoms with Gasteiger partial charge in [0.05, 0.1) is 0 Å². The van der Waals surface area contributed by atoms with Crippen molar-refractivity contribution in [2.75, 3.05) is 5.73 Å². The van der Waals surface area contributed by atoms with Crippen LogP contribution in [0.25, 0.3) is 0 Å².